The van der Waals surface area contributed by atoms with Crippen LogP contribution < -0.4 is 5.32 Å². The van der Waals surface area contributed by atoms with Crippen LogP contribution in [0.5, 0.6) is 5.75 Å². The maximum Gasteiger partial charge on any atom is 0.127 e. The van der Waals surface area contributed by atoms with E-state index in [-0.39, 0.29) is 5.75 Å². The molecular formula is C12H15FN2O. The molecule has 0 amide bonds. The van der Waals surface area contributed by atoms with Crippen molar-refractivity contribution in [1.29, 1.82) is 5.26 Å². The molecular weight excluding hydrogens is 207 g/mol. The largest absolute Gasteiger partial charge is 0.508 e. The molecule has 86 valence electrons. The highest BCUT2D eigenvalue weighted by molar-refractivity contribution is 5.28. The molecule has 0 saturated heterocycles. The fourth-order valence-corrected chi connectivity index (χ4v) is 1.29. The first-order chi connectivity index (χ1) is 7.43. The van der Waals surface area contributed by atoms with E-state index in [4.69, 9.17) is 5.26 Å². The lowest BCUT2D eigenvalue weighted by molar-refractivity contribution is 0.442. The average Bonchev–Trinajstić information content (AvgIpc) is 2.16. The van der Waals surface area contributed by atoms with Crippen LogP contribution in [0.25, 0.3) is 0 Å². The van der Waals surface area contributed by atoms with Crippen LogP contribution in [0.4, 0.5) is 4.39 Å². The third-order valence-corrected chi connectivity index (χ3v) is 2.14. The highest BCUT2D eigenvalue weighted by atomic mass is 19.1. The fraction of sp³-hybridized carbons (Fsp3) is 0.417. The summed E-state index contributed by atoms with van der Waals surface area (Å²) in [5.74, 6) is -0.548. The lowest BCUT2D eigenvalue weighted by Crippen LogP contribution is -2.27. The first kappa shape index (κ1) is 12.5. The van der Waals surface area contributed by atoms with E-state index in [0.29, 0.717) is 18.7 Å². The Kier molecular flexibility index (Phi) is 3.86. The zero-order valence-electron chi connectivity index (χ0n) is 9.42. The number of benzene rings is 1. The summed E-state index contributed by atoms with van der Waals surface area (Å²) in [6.07, 6.45) is 0. The van der Waals surface area contributed by atoms with Gasteiger partial charge in [-0.15, -0.1) is 0 Å². The van der Waals surface area contributed by atoms with Gasteiger partial charge in [0, 0.05) is 19.2 Å². The van der Waals surface area contributed by atoms with Gasteiger partial charge in [-0.1, -0.05) is 0 Å². The first-order valence-corrected chi connectivity index (χ1v) is 5.03. The summed E-state index contributed by atoms with van der Waals surface area (Å²) in [6.45, 7) is 4.59. The second-order valence-electron chi connectivity index (χ2n) is 4.42. The maximum absolute atomic E-state index is 12.9. The van der Waals surface area contributed by atoms with Gasteiger partial charge in [-0.2, -0.15) is 5.26 Å². The van der Waals surface area contributed by atoms with E-state index in [1.807, 2.05) is 13.8 Å². The van der Waals surface area contributed by atoms with Crippen LogP contribution in [0.15, 0.2) is 18.2 Å². The van der Waals surface area contributed by atoms with E-state index >= 15 is 0 Å². The fourth-order valence-electron chi connectivity index (χ4n) is 1.29. The Morgan fingerprint density at radius 1 is 1.44 bits per heavy atom. The van der Waals surface area contributed by atoms with E-state index in [1.165, 1.54) is 12.1 Å². The Hall–Kier alpha value is -1.60. The van der Waals surface area contributed by atoms with Crippen LogP contribution in [-0.4, -0.2) is 11.7 Å². The van der Waals surface area contributed by atoms with Crippen molar-refractivity contribution in [1.82, 2.24) is 5.32 Å². The predicted molar refractivity (Wildman–Crippen MR) is 59.2 cm³/mol. The van der Waals surface area contributed by atoms with E-state index < -0.39 is 11.2 Å². The molecule has 0 saturated carbocycles. The van der Waals surface area contributed by atoms with Gasteiger partial charge in [0.2, 0.25) is 0 Å². The predicted octanol–water partition coefficient (Wildman–Crippen LogP) is 2.17. The van der Waals surface area contributed by atoms with Gasteiger partial charge in [0.15, 0.2) is 0 Å². The number of halogens is 1. The van der Waals surface area contributed by atoms with Crippen LogP contribution in [0.2, 0.25) is 0 Å². The first-order valence-electron chi connectivity index (χ1n) is 5.03. The molecule has 0 aliphatic heterocycles. The minimum Gasteiger partial charge on any atom is -0.508 e. The summed E-state index contributed by atoms with van der Waals surface area (Å²) in [7, 11) is 0. The quantitative estimate of drug-likeness (QED) is 0.820. The SMILES string of the molecule is CC(C)(C#N)CNCc1cc(O)cc(F)c1. The summed E-state index contributed by atoms with van der Waals surface area (Å²) < 4.78 is 12.9. The molecule has 0 atom stereocenters. The Bertz CT molecular complexity index is 390. The number of aromatic hydroxyl groups is 1. The summed E-state index contributed by atoms with van der Waals surface area (Å²) >= 11 is 0. The van der Waals surface area contributed by atoms with Gasteiger partial charge >= 0.3 is 0 Å². The molecule has 0 heterocycles. The zero-order valence-corrected chi connectivity index (χ0v) is 9.42. The Balaban J connectivity index is 2.53. The summed E-state index contributed by atoms with van der Waals surface area (Å²) in [5, 5.41) is 21.0. The summed E-state index contributed by atoms with van der Waals surface area (Å²) in [5.41, 5.74) is 0.210. The van der Waals surface area contributed by atoms with Crippen LogP contribution in [0.3, 0.4) is 0 Å². The smallest absolute Gasteiger partial charge is 0.127 e. The van der Waals surface area contributed by atoms with Crippen LogP contribution >= 0.6 is 0 Å². The molecule has 0 radical (unpaired) electrons. The summed E-state index contributed by atoms with van der Waals surface area (Å²) in [4.78, 5) is 0. The maximum atomic E-state index is 12.9. The molecule has 0 bridgehead atoms. The third kappa shape index (κ3) is 3.87. The monoisotopic (exact) mass is 222 g/mol. The van der Waals surface area contributed by atoms with Crippen LogP contribution in [0, 0.1) is 22.6 Å². The number of rotatable bonds is 4. The lowest BCUT2D eigenvalue weighted by Gasteiger charge is -2.15. The molecule has 1 aromatic rings. The molecule has 16 heavy (non-hydrogen) atoms. The molecule has 3 nitrogen and oxygen atoms in total. The number of hydrogen-bond acceptors (Lipinski definition) is 3. The van der Waals surface area contributed by atoms with Crippen molar-refractivity contribution in [2.75, 3.05) is 6.54 Å². The lowest BCUT2D eigenvalue weighted by atomic mass is 9.96. The van der Waals surface area contributed by atoms with Gasteiger partial charge in [-0.3, -0.25) is 0 Å². The standard InChI is InChI=1S/C12H15FN2O/c1-12(2,7-14)8-15-6-9-3-10(13)5-11(16)4-9/h3-5,15-16H,6,8H2,1-2H3. The number of hydrogen-bond donors (Lipinski definition) is 2. The number of nitriles is 1. The molecule has 0 spiro atoms. The number of nitrogens with zero attached hydrogens (tertiary/aromatic N) is 1. The van der Waals surface area contributed by atoms with Crippen molar-refractivity contribution in [3.63, 3.8) is 0 Å². The second-order valence-corrected chi connectivity index (χ2v) is 4.42. The van der Waals surface area contributed by atoms with Crippen molar-refractivity contribution < 1.29 is 9.50 Å². The second kappa shape index (κ2) is 4.95. The normalized spacial score (nSPS) is 11.1. The number of nitrogens with one attached hydrogen (secondary N) is 1. The molecule has 1 rings (SSSR count). The van der Waals surface area contributed by atoms with Crippen molar-refractivity contribution in [2.24, 2.45) is 5.41 Å². The number of phenols is 1. The minimum absolute atomic E-state index is 0.0867. The number of phenolic OH excluding ortho intramolecular Hbond substituents is 1. The Labute approximate surface area is 94.5 Å². The van der Waals surface area contributed by atoms with Gasteiger partial charge in [-0.05, 0) is 31.5 Å². The van der Waals surface area contributed by atoms with Crippen molar-refractivity contribution in [2.45, 2.75) is 20.4 Å². The highest BCUT2D eigenvalue weighted by Crippen LogP contribution is 2.15. The summed E-state index contributed by atoms with van der Waals surface area (Å²) in [6, 6.07) is 6.07. The third-order valence-electron chi connectivity index (χ3n) is 2.14. The van der Waals surface area contributed by atoms with E-state index in [1.54, 1.807) is 0 Å². The zero-order chi connectivity index (χ0) is 12.2. The molecule has 2 N–H and O–H groups in total. The van der Waals surface area contributed by atoms with Crippen molar-refractivity contribution in [3.05, 3.63) is 29.6 Å². The molecule has 0 aromatic heterocycles. The molecule has 1 aromatic carbocycles. The van der Waals surface area contributed by atoms with Gasteiger partial charge in [-0.25, -0.2) is 4.39 Å². The minimum atomic E-state index is -0.462. The van der Waals surface area contributed by atoms with E-state index in [9.17, 15) is 9.50 Å². The highest BCUT2D eigenvalue weighted by Gasteiger charge is 2.15. The van der Waals surface area contributed by atoms with Gasteiger partial charge < -0.3 is 10.4 Å². The Morgan fingerprint density at radius 2 is 2.12 bits per heavy atom. The van der Waals surface area contributed by atoms with Crippen molar-refractivity contribution >= 4 is 0 Å². The Morgan fingerprint density at radius 3 is 2.69 bits per heavy atom. The van der Waals surface area contributed by atoms with Crippen LogP contribution in [-0.2, 0) is 6.54 Å². The molecule has 0 unspecified atom stereocenters. The molecule has 4 heteroatoms. The molecule has 0 aliphatic carbocycles. The van der Waals surface area contributed by atoms with Gasteiger partial charge in [0.05, 0.1) is 11.5 Å². The van der Waals surface area contributed by atoms with Crippen molar-refractivity contribution in [3.8, 4) is 11.8 Å². The molecule has 0 aliphatic rings. The van der Waals surface area contributed by atoms with Gasteiger partial charge in [0.1, 0.15) is 11.6 Å². The molecule has 0 fully saturated rings. The van der Waals surface area contributed by atoms with Gasteiger partial charge in [0.25, 0.3) is 0 Å². The van der Waals surface area contributed by atoms with Crippen LogP contribution in [0.1, 0.15) is 19.4 Å². The van der Waals surface area contributed by atoms with E-state index in [0.717, 1.165) is 6.07 Å². The topological polar surface area (TPSA) is 56.0 Å². The van der Waals surface area contributed by atoms with E-state index in [2.05, 4.69) is 11.4 Å². The average molecular weight is 222 g/mol.